The van der Waals surface area contributed by atoms with Crippen molar-refractivity contribution in [1.82, 2.24) is 10.6 Å². The Morgan fingerprint density at radius 2 is 1.77 bits per heavy atom. The average Bonchev–Trinajstić information content (AvgIpc) is 3.28. The molecule has 5 heteroatoms. The molecule has 0 radical (unpaired) electrons. The molecule has 142 valence electrons. The zero-order valence-electron chi connectivity index (χ0n) is 15.5. The van der Waals surface area contributed by atoms with Gasteiger partial charge in [-0.2, -0.15) is 0 Å². The van der Waals surface area contributed by atoms with Gasteiger partial charge in [-0.05, 0) is 30.7 Å². The van der Waals surface area contributed by atoms with Crippen molar-refractivity contribution in [2.75, 3.05) is 0 Å². The fourth-order valence-corrected chi connectivity index (χ4v) is 3.84. The highest BCUT2D eigenvalue weighted by molar-refractivity contribution is 5.88. The fourth-order valence-electron chi connectivity index (χ4n) is 3.84. The van der Waals surface area contributed by atoms with E-state index in [-0.39, 0.29) is 23.9 Å². The van der Waals surface area contributed by atoms with Crippen LogP contribution < -0.4 is 16.4 Å². The Kier molecular flexibility index (Phi) is 6.67. The van der Waals surface area contributed by atoms with E-state index in [2.05, 4.69) is 10.6 Å². The minimum atomic E-state index is -0.538. The van der Waals surface area contributed by atoms with Crippen molar-refractivity contribution < 1.29 is 9.59 Å². The summed E-state index contributed by atoms with van der Waals surface area (Å²) in [7, 11) is 0. The average molecular weight is 357 g/mol. The molecule has 3 rings (SSSR count). The first-order valence-electron chi connectivity index (χ1n) is 9.99. The number of amides is 2. The van der Waals surface area contributed by atoms with Gasteiger partial charge in [0.25, 0.3) is 0 Å². The molecular formula is C21H31N3O2. The summed E-state index contributed by atoms with van der Waals surface area (Å²) in [5.41, 5.74) is 7.23. The maximum absolute atomic E-state index is 12.5. The zero-order valence-corrected chi connectivity index (χ0v) is 15.5. The van der Waals surface area contributed by atoms with E-state index < -0.39 is 6.04 Å². The predicted octanol–water partition coefficient (Wildman–Crippen LogP) is 2.29. The van der Waals surface area contributed by atoms with Crippen LogP contribution in [0.1, 0.15) is 56.9 Å². The second-order valence-corrected chi connectivity index (χ2v) is 7.94. The van der Waals surface area contributed by atoms with Crippen molar-refractivity contribution in [3.8, 4) is 0 Å². The van der Waals surface area contributed by atoms with Crippen LogP contribution in [0, 0.1) is 5.92 Å². The van der Waals surface area contributed by atoms with Crippen molar-refractivity contribution in [3.63, 3.8) is 0 Å². The molecule has 2 saturated carbocycles. The molecule has 4 N–H and O–H groups in total. The number of nitrogens with two attached hydrogens (primary N) is 1. The lowest BCUT2D eigenvalue weighted by Crippen LogP contribution is -2.49. The summed E-state index contributed by atoms with van der Waals surface area (Å²) in [6.07, 6.45) is 8.79. The first kappa shape index (κ1) is 18.9. The molecule has 0 heterocycles. The Hall–Kier alpha value is -1.88. The summed E-state index contributed by atoms with van der Waals surface area (Å²) >= 11 is 0. The smallest absolute Gasteiger partial charge is 0.243 e. The summed E-state index contributed by atoms with van der Waals surface area (Å²) in [5, 5.41) is 5.93. The van der Waals surface area contributed by atoms with Crippen LogP contribution in [0.4, 0.5) is 0 Å². The lowest BCUT2D eigenvalue weighted by molar-refractivity contribution is -0.129. The highest BCUT2D eigenvalue weighted by atomic mass is 16.2. The second kappa shape index (κ2) is 9.17. The fraction of sp³-hybridized carbons (Fsp3) is 0.619. The highest BCUT2D eigenvalue weighted by Crippen LogP contribution is 2.28. The van der Waals surface area contributed by atoms with Gasteiger partial charge in [-0.1, -0.05) is 56.0 Å². The van der Waals surface area contributed by atoms with Gasteiger partial charge >= 0.3 is 0 Å². The summed E-state index contributed by atoms with van der Waals surface area (Å²) < 4.78 is 0. The Bertz CT molecular complexity index is 595. The van der Waals surface area contributed by atoms with Crippen LogP contribution in [-0.2, 0) is 16.0 Å². The molecular weight excluding hydrogens is 326 g/mol. The molecule has 2 atom stereocenters. The van der Waals surface area contributed by atoms with E-state index in [4.69, 9.17) is 5.73 Å². The number of hydrogen-bond acceptors (Lipinski definition) is 3. The first-order valence-corrected chi connectivity index (χ1v) is 9.99. The number of carbonyl (C=O) groups excluding carboxylic acids is 2. The maximum Gasteiger partial charge on any atom is 0.243 e. The number of benzene rings is 1. The van der Waals surface area contributed by atoms with Crippen molar-refractivity contribution in [2.45, 2.75) is 75.9 Å². The van der Waals surface area contributed by atoms with Crippen LogP contribution in [0.25, 0.3) is 0 Å². The summed E-state index contributed by atoms with van der Waals surface area (Å²) in [4.78, 5) is 25.0. The van der Waals surface area contributed by atoms with Gasteiger partial charge in [0.2, 0.25) is 11.8 Å². The van der Waals surface area contributed by atoms with Crippen LogP contribution in [0.3, 0.4) is 0 Å². The van der Waals surface area contributed by atoms with Gasteiger partial charge < -0.3 is 16.4 Å². The van der Waals surface area contributed by atoms with E-state index in [1.165, 1.54) is 25.7 Å². The topological polar surface area (TPSA) is 84.2 Å². The molecule has 1 aromatic carbocycles. The molecule has 0 aromatic heterocycles. The van der Waals surface area contributed by atoms with E-state index in [9.17, 15) is 9.59 Å². The molecule has 2 amide bonds. The number of nitrogens with one attached hydrogen (secondary N) is 2. The molecule has 0 spiro atoms. The lowest BCUT2D eigenvalue weighted by atomic mass is 9.96. The molecule has 2 fully saturated rings. The van der Waals surface area contributed by atoms with Gasteiger partial charge in [0.15, 0.2) is 0 Å². The quantitative estimate of drug-likeness (QED) is 0.634. The van der Waals surface area contributed by atoms with E-state index in [0.717, 1.165) is 24.8 Å². The van der Waals surface area contributed by atoms with Gasteiger partial charge in [0, 0.05) is 24.9 Å². The van der Waals surface area contributed by atoms with Crippen molar-refractivity contribution >= 4 is 11.8 Å². The number of rotatable bonds is 9. The molecule has 1 aromatic rings. The Morgan fingerprint density at radius 1 is 1.08 bits per heavy atom. The van der Waals surface area contributed by atoms with Gasteiger partial charge in [0.1, 0.15) is 6.04 Å². The first-order chi connectivity index (χ1) is 12.6. The van der Waals surface area contributed by atoms with E-state index >= 15 is 0 Å². The third-order valence-electron chi connectivity index (χ3n) is 5.42. The third-order valence-corrected chi connectivity index (χ3v) is 5.42. The minimum absolute atomic E-state index is 0.0888. The molecule has 2 aliphatic rings. The molecule has 2 unspecified atom stereocenters. The van der Waals surface area contributed by atoms with E-state index in [1.807, 2.05) is 30.3 Å². The Balaban J connectivity index is 1.52. The van der Waals surface area contributed by atoms with Crippen molar-refractivity contribution in [1.29, 1.82) is 0 Å². The highest BCUT2D eigenvalue weighted by Gasteiger charge is 2.29. The van der Waals surface area contributed by atoms with Gasteiger partial charge in [0.05, 0.1) is 0 Å². The van der Waals surface area contributed by atoms with E-state index in [1.54, 1.807) is 0 Å². The zero-order chi connectivity index (χ0) is 18.4. The van der Waals surface area contributed by atoms with Crippen molar-refractivity contribution in [2.24, 2.45) is 11.7 Å². The van der Waals surface area contributed by atoms with Crippen LogP contribution in [0.15, 0.2) is 30.3 Å². The van der Waals surface area contributed by atoms with Crippen molar-refractivity contribution in [3.05, 3.63) is 35.9 Å². The van der Waals surface area contributed by atoms with Gasteiger partial charge in [-0.3, -0.25) is 9.59 Å². The van der Waals surface area contributed by atoms with Gasteiger partial charge in [-0.15, -0.1) is 0 Å². The SMILES string of the molecule is NC(CC(=O)NC(Cc1ccccc1)C(=O)NC1CC1)CC1CCCC1. The van der Waals surface area contributed by atoms with Gasteiger partial charge in [-0.25, -0.2) is 0 Å². The van der Waals surface area contributed by atoms with Crippen LogP contribution in [0.2, 0.25) is 0 Å². The summed E-state index contributed by atoms with van der Waals surface area (Å²) in [5.74, 6) is 0.451. The standard InChI is InChI=1S/C21H31N3O2/c22-17(12-15-8-4-5-9-15)14-20(25)24-19(21(26)23-18-10-11-18)13-16-6-2-1-3-7-16/h1-3,6-7,15,17-19H,4-5,8-14,22H2,(H,23,26)(H,24,25). The third kappa shape index (κ3) is 6.13. The molecule has 26 heavy (non-hydrogen) atoms. The normalized spacial score (nSPS) is 19.7. The largest absolute Gasteiger partial charge is 0.352 e. The maximum atomic E-state index is 12.5. The molecule has 0 bridgehead atoms. The molecule has 5 nitrogen and oxygen atoms in total. The Morgan fingerprint density at radius 3 is 2.42 bits per heavy atom. The van der Waals surface area contributed by atoms with Crippen LogP contribution in [-0.4, -0.2) is 29.9 Å². The molecule has 2 aliphatic carbocycles. The van der Waals surface area contributed by atoms with E-state index in [0.29, 0.717) is 18.8 Å². The molecule has 0 aliphatic heterocycles. The second-order valence-electron chi connectivity index (χ2n) is 7.94. The summed E-state index contributed by atoms with van der Waals surface area (Å²) in [6, 6.07) is 9.43. The van der Waals surface area contributed by atoms with Crippen LogP contribution in [0.5, 0.6) is 0 Å². The Labute approximate surface area is 156 Å². The number of hydrogen-bond donors (Lipinski definition) is 3. The number of carbonyl (C=O) groups is 2. The van der Waals surface area contributed by atoms with Crippen LogP contribution >= 0.6 is 0 Å². The monoisotopic (exact) mass is 357 g/mol. The lowest BCUT2D eigenvalue weighted by Gasteiger charge is -2.21. The summed E-state index contributed by atoms with van der Waals surface area (Å²) in [6.45, 7) is 0. The minimum Gasteiger partial charge on any atom is -0.352 e. The molecule has 0 saturated heterocycles. The predicted molar refractivity (Wildman–Crippen MR) is 102 cm³/mol.